The van der Waals surface area contributed by atoms with Gasteiger partial charge in [-0.2, -0.15) is 0 Å². The van der Waals surface area contributed by atoms with Crippen molar-refractivity contribution in [3.8, 4) is 0 Å². The molecule has 0 saturated heterocycles. The lowest BCUT2D eigenvalue weighted by atomic mass is 9.84. The maximum absolute atomic E-state index is 14.5. The number of thiophene rings is 1. The second-order valence-corrected chi connectivity index (χ2v) is 10.4. The average Bonchev–Trinajstić information content (AvgIpc) is 3.33. The lowest BCUT2D eigenvalue weighted by molar-refractivity contribution is 0.0702. The number of hydrogen-bond donors (Lipinski definition) is 2. The van der Waals surface area contributed by atoms with Gasteiger partial charge in [0, 0.05) is 21.7 Å². The molecule has 3 nitrogen and oxygen atoms in total. The molecule has 1 aromatic heterocycles. The number of benzene rings is 1. The summed E-state index contributed by atoms with van der Waals surface area (Å²) in [6.45, 7) is 2.15. The predicted molar refractivity (Wildman–Crippen MR) is 128 cm³/mol. The van der Waals surface area contributed by atoms with E-state index in [4.69, 9.17) is 5.11 Å². The fraction of sp³-hybridized carbons (Fsp3) is 0.480. The van der Waals surface area contributed by atoms with E-state index in [2.05, 4.69) is 22.9 Å². The van der Waals surface area contributed by atoms with Crippen LogP contribution in [0, 0.1) is 5.92 Å². The number of carboxylic acid groups (broad SMARTS) is 1. The van der Waals surface area contributed by atoms with Crippen molar-refractivity contribution in [2.24, 2.45) is 5.92 Å². The van der Waals surface area contributed by atoms with Crippen LogP contribution in [0.2, 0.25) is 0 Å². The molecule has 0 amide bonds. The molecule has 1 heterocycles. The summed E-state index contributed by atoms with van der Waals surface area (Å²) in [4.78, 5) is 12.5. The van der Waals surface area contributed by atoms with Gasteiger partial charge < -0.3 is 10.2 Å². The molecule has 0 fully saturated rings. The van der Waals surface area contributed by atoms with E-state index in [1.165, 1.54) is 11.3 Å². The Hall–Kier alpha value is -1.50. The molecule has 0 spiro atoms. The number of hydrogen-bond acceptors (Lipinski definition) is 3. The third-order valence-corrected chi connectivity index (χ3v) is 8.13. The molecule has 0 radical (unpaired) electrons. The van der Waals surface area contributed by atoms with Gasteiger partial charge in [0.05, 0.1) is 6.10 Å². The number of halogens is 2. The van der Waals surface area contributed by atoms with Crippen molar-refractivity contribution in [3.63, 3.8) is 0 Å². The van der Waals surface area contributed by atoms with Crippen LogP contribution in [-0.4, -0.2) is 16.2 Å². The van der Waals surface area contributed by atoms with Crippen molar-refractivity contribution < 1.29 is 19.4 Å². The zero-order valence-corrected chi connectivity index (χ0v) is 20.2. The van der Waals surface area contributed by atoms with Gasteiger partial charge in [0.1, 0.15) is 10.7 Å². The van der Waals surface area contributed by atoms with Crippen LogP contribution in [0.15, 0.2) is 46.7 Å². The Bertz CT molecular complexity index is 906. The summed E-state index contributed by atoms with van der Waals surface area (Å²) in [6, 6.07) is 11.5. The maximum atomic E-state index is 14.5. The van der Waals surface area contributed by atoms with Gasteiger partial charge in [0.2, 0.25) is 0 Å². The number of carbonyl (C=O) groups is 1. The topological polar surface area (TPSA) is 57.5 Å². The summed E-state index contributed by atoms with van der Waals surface area (Å²) in [5.41, 5.74) is 1.99. The Labute approximate surface area is 196 Å². The summed E-state index contributed by atoms with van der Waals surface area (Å²) in [5, 5.41) is 19.5. The zero-order valence-electron chi connectivity index (χ0n) is 17.8. The van der Waals surface area contributed by atoms with E-state index in [1.807, 2.05) is 30.3 Å². The number of carboxylic acids is 1. The van der Waals surface area contributed by atoms with Gasteiger partial charge in [-0.3, -0.25) is 0 Å². The van der Waals surface area contributed by atoms with Gasteiger partial charge in [-0.1, -0.05) is 66.4 Å². The molecule has 3 atom stereocenters. The smallest absolute Gasteiger partial charge is 0.345 e. The van der Waals surface area contributed by atoms with Gasteiger partial charge in [0.15, 0.2) is 0 Å². The van der Waals surface area contributed by atoms with E-state index >= 15 is 0 Å². The first kappa shape index (κ1) is 24.1. The number of unbranched alkanes of at least 4 members (excludes halogenated alkanes) is 2. The average molecular weight is 509 g/mol. The number of aliphatic hydroxyl groups excluding tert-OH is 1. The highest BCUT2D eigenvalue weighted by Gasteiger charge is 2.35. The molecule has 2 unspecified atom stereocenters. The predicted octanol–water partition coefficient (Wildman–Crippen LogP) is 7.76. The molecule has 1 aliphatic carbocycles. The van der Waals surface area contributed by atoms with Crippen LogP contribution in [-0.2, 0) is 6.42 Å². The second-order valence-electron chi connectivity index (χ2n) is 8.34. The summed E-state index contributed by atoms with van der Waals surface area (Å²) in [6.07, 6.45) is 6.59. The first-order chi connectivity index (χ1) is 14.9. The molecule has 0 bridgehead atoms. The molecule has 0 aliphatic heterocycles. The molecular weight excluding hydrogens is 479 g/mol. The minimum Gasteiger partial charge on any atom is -0.477 e. The van der Waals surface area contributed by atoms with E-state index in [0.717, 1.165) is 60.9 Å². The van der Waals surface area contributed by atoms with Crippen molar-refractivity contribution in [3.05, 3.63) is 67.6 Å². The SMILES string of the molecule is CCCCCC(O)c1ccc(C2C(Br)=C(F)C[C@@H]2CCCc2ccc(C(=O)O)s2)cc1. The van der Waals surface area contributed by atoms with Gasteiger partial charge in [-0.25, -0.2) is 9.18 Å². The minimum absolute atomic E-state index is 0.01000. The normalized spacial score (nSPS) is 19.7. The monoisotopic (exact) mass is 508 g/mol. The summed E-state index contributed by atoms with van der Waals surface area (Å²) in [5.74, 6) is -0.804. The lowest BCUT2D eigenvalue weighted by Gasteiger charge is -2.22. The highest BCUT2D eigenvalue weighted by molar-refractivity contribution is 9.11. The Kier molecular flexibility index (Phi) is 8.87. The first-order valence-electron chi connectivity index (χ1n) is 11.0. The number of rotatable bonds is 11. The third kappa shape index (κ3) is 6.27. The van der Waals surface area contributed by atoms with Crippen LogP contribution >= 0.6 is 27.3 Å². The molecular formula is C25H30BrFO3S. The van der Waals surface area contributed by atoms with Crippen LogP contribution in [0.1, 0.15) is 89.6 Å². The van der Waals surface area contributed by atoms with Crippen LogP contribution in [0.5, 0.6) is 0 Å². The van der Waals surface area contributed by atoms with Gasteiger partial charge in [-0.15, -0.1) is 11.3 Å². The van der Waals surface area contributed by atoms with E-state index < -0.39 is 12.1 Å². The maximum Gasteiger partial charge on any atom is 0.345 e. The van der Waals surface area contributed by atoms with E-state index in [1.54, 1.807) is 6.07 Å². The number of aliphatic hydroxyl groups is 1. The molecule has 1 aromatic carbocycles. The van der Waals surface area contributed by atoms with Gasteiger partial charge in [-0.05, 0) is 54.9 Å². The van der Waals surface area contributed by atoms with Crippen LogP contribution in [0.3, 0.4) is 0 Å². The van der Waals surface area contributed by atoms with Gasteiger partial charge >= 0.3 is 5.97 Å². The quantitative estimate of drug-likeness (QED) is 0.304. The fourth-order valence-electron chi connectivity index (χ4n) is 4.35. The number of allylic oxidation sites excluding steroid dienone is 2. The Balaban J connectivity index is 1.61. The molecule has 1 aliphatic rings. The highest BCUT2D eigenvalue weighted by atomic mass is 79.9. The first-order valence-corrected chi connectivity index (χ1v) is 12.7. The lowest BCUT2D eigenvalue weighted by Crippen LogP contribution is -2.09. The molecule has 3 rings (SSSR count). The highest BCUT2D eigenvalue weighted by Crippen LogP contribution is 2.49. The summed E-state index contributed by atoms with van der Waals surface area (Å²) < 4.78 is 15.1. The van der Waals surface area contributed by atoms with Crippen LogP contribution in [0.4, 0.5) is 4.39 Å². The molecule has 31 heavy (non-hydrogen) atoms. The third-order valence-electron chi connectivity index (χ3n) is 6.08. The second kappa shape index (κ2) is 11.4. The van der Waals surface area contributed by atoms with Crippen molar-refractivity contribution in [2.45, 2.75) is 70.3 Å². The molecule has 6 heteroatoms. The van der Waals surface area contributed by atoms with Crippen molar-refractivity contribution in [1.29, 1.82) is 0 Å². The summed E-state index contributed by atoms with van der Waals surface area (Å²) in [7, 11) is 0. The standard InChI is InChI=1S/C25H30BrFO3S/c1-2-3-4-8-21(28)16-9-11-17(12-10-16)23-18(15-20(27)24(23)26)6-5-7-19-13-14-22(31-19)25(29)30/h9-14,18,21,23,28H,2-8,15H2,1H3,(H,29,30)/t18-,21?,23?/m0/s1. The van der Waals surface area contributed by atoms with Crippen molar-refractivity contribution >= 4 is 33.2 Å². The Morgan fingerprint density at radius 1 is 1.19 bits per heavy atom. The number of aryl methyl sites for hydroxylation is 1. The van der Waals surface area contributed by atoms with Crippen molar-refractivity contribution in [1.82, 2.24) is 0 Å². The molecule has 2 N–H and O–H groups in total. The number of aromatic carboxylic acids is 1. The van der Waals surface area contributed by atoms with E-state index in [9.17, 15) is 14.3 Å². The van der Waals surface area contributed by atoms with E-state index in [-0.39, 0.29) is 17.7 Å². The van der Waals surface area contributed by atoms with Crippen molar-refractivity contribution in [2.75, 3.05) is 0 Å². The largest absolute Gasteiger partial charge is 0.477 e. The molecule has 168 valence electrons. The van der Waals surface area contributed by atoms with Crippen LogP contribution < -0.4 is 0 Å². The Morgan fingerprint density at radius 2 is 1.94 bits per heavy atom. The molecule has 0 saturated carbocycles. The fourth-order valence-corrected chi connectivity index (χ4v) is 6.04. The molecule has 2 aromatic rings. The van der Waals surface area contributed by atoms with Gasteiger partial charge in [0.25, 0.3) is 0 Å². The van der Waals surface area contributed by atoms with E-state index in [0.29, 0.717) is 15.8 Å². The minimum atomic E-state index is -0.888. The summed E-state index contributed by atoms with van der Waals surface area (Å²) >= 11 is 4.80. The Morgan fingerprint density at radius 3 is 2.58 bits per heavy atom. The van der Waals surface area contributed by atoms with Crippen LogP contribution in [0.25, 0.3) is 0 Å². The zero-order chi connectivity index (χ0) is 22.4.